The summed E-state index contributed by atoms with van der Waals surface area (Å²) in [5, 5.41) is 0. The van der Waals surface area contributed by atoms with Crippen LogP contribution < -0.4 is 0 Å². The van der Waals surface area contributed by atoms with Crippen molar-refractivity contribution in [2.75, 3.05) is 13.2 Å². The molecule has 0 aliphatic heterocycles. The quantitative estimate of drug-likeness (QED) is 0.0262. The highest BCUT2D eigenvalue weighted by molar-refractivity contribution is 5.71. The molecule has 0 aliphatic carbocycles. The Kier molecular flexibility index (Phi) is 48.9. The molecule has 0 rings (SSSR count). The van der Waals surface area contributed by atoms with Gasteiger partial charge in [-0.2, -0.15) is 0 Å². The van der Waals surface area contributed by atoms with Gasteiger partial charge in [0.1, 0.15) is 13.2 Å². The van der Waals surface area contributed by atoms with Gasteiger partial charge in [-0.25, -0.2) is 0 Å². The molecule has 0 aromatic rings. The normalized spacial score (nSPS) is 12.6. The third-order valence-electron chi connectivity index (χ3n) is 11.2. The lowest BCUT2D eigenvalue weighted by molar-refractivity contribution is -0.167. The molecule has 1 atom stereocenters. The van der Waals surface area contributed by atoms with Crippen molar-refractivity contribution >= 4 is 17.9 Å². The van der Waals surface area contributed by atoms with Crippen molar-refractivity contribution in [3.63, 3.8) is 0 Å². The molecular weight excluding hydrogens is 781 g/mol. The second-order valence-electron chi connectivity index (χ2n) is 17.4. The molecule has 0 spiro atoms. The van der Waals surface area contributed by atoms with Gasteiger partial charge in [0.25, 0.3) is 0 Å². The van der Waals surface area contributed by atoms with Crippen LogP contribution in [0.1, 0.15) is 252 Å². The molecule has 0 N–H and O–H groups in total. The van der Waals surface area contributed by atoms with Crippen molar-refractivity contribution in [1.29, 1.82) is 0 Å². The van der Waals surface area contributed by atoms with E-state index in [1.54, 1.807) is 0 Å². The van der Waals surface area contributed by atoms with Crippen molar-refractivity contribution in [2.45, 2.75) is 258 Å². The SMILES string of the molecule is CC/C=C\C/C=C\C/C=C\C/C=C\C/C=C\CCCC(=O)OC[C@H](COC(=O)CCCCCCCCC/C=C\CCCCCCCC)OC(=O)CCCCCCCCCCCCC. The van der Waals surface area contributed by atoms with Crippen LogP contribution in [0.5, 0.6) is 0 Å². The Morgan fingerprint density at radius 2 is 0.635 bits per heavy atom. The number of ether oxygens (including phenoxy) is 3. The van der Waals surface area contributed by atoms with Gasteiger partial charge in [0.05, 0.1) is 0 Å². The van der Waals surface area contributed by atoms with Crippen molar-refractivity contribution < 1.29 is 28.6 Å². The highest BCUT2D eigenvalue weighted by Gasteiger charge is 2.19. The summed E-state index contributed by atoms with van der Waals surface area (Å²) < 4.78 is 16.7. The predicted octanol–water partition coefficient (Wildman–Crippen LogP) is 17.4. The van der Waals surface area contributed by atoms with Crippen LogP contribution in [0.4, 0.5) is 0 Å². The summed E-state index contributed by atoms with van der Waals surface area (Å²) >= 11 is 0. The number of rotatable bonds is 47. The molecule has 0 saturated heterocycles. The van der Waals surface area contributed by atoms with Crippen LogP contribution in [0.3, 0.4) is 0 Å². The van der Waals surface area contributed by atoms with E-state index in [9.17, 15) is 14.4 Å². The first-order valence-corrected chi connectivity index (χ1v) is 26.4. The third-order valence-corrected chi connectivity index (χ3v) is 11.2. The zero-order valence-electron chi connectivity index (χ0n) is 41.3. The molecule has 63 heavy (non-hydrogen) atoms. The van der Waals surface area contributed by atoms with Gasteiger partial charge in [-0.3, -0.25) is 14.4 Å². The Morgan fingerprint density at radius 3 is 1.05 bits per heavy atom. The van der Waals surface area contributed by atoms with Crippen LogP contribution in [-0.2, 0) is 28.6 Å². The second kappa shape index (κ2) is 51.5. The maximum atomic E-state index is 12.8. The van der Waals surface area contributed by atoms with Crippen LogP contribution in [0, 0.1) is 0 Å². The van der Waals surface area contributed by atoms with Crippen LogP contribution in [0.15, 0.2) is 72.9 Å². The molecule has 0 bridgehead atoms. The Bertz CT molecular complexity index is 1190. The Hall–Kier alpha value is -3.15. The molecule has 0 radical (unpaired) electrons. The topological polar surface area (TPSA) is 78.9 Å². The summed E-state index contributed by atoms with van der Waals surface area (Å²) in [6, 6.07) is 0. The largest absolute Gasteiger partial charge is 0.462 e. The monoisotopic (exact) mass is 879 g/mol. The fourth-order valence-electron chi connectivity index (χ4n) is 7.24. The molecule has 6 nitrogen and oxygen atoms in total. The smallest absolute Gasteiger partial charge is 0.306 e. The maximum absolute atomic E-state index is 12.8. The van der Waals surface area contributed by atoms with E-state index in [0.717, 1.165) is 77.0 Å². The summed E-state index contributed by atoms with van der Waals surface area (Å²) in [7, 11) is 0. The van der Waals surface area contributed by atoms with E-state index in [0.29, 0.717) is 19.3 Å². The van der Waals surface area contributed by atoms with E-state index in [-0.39, 0.29) is 37.5 Å². The lowest BCUT2D eigenvalue weighted by Crippen LogP contribution is -2.30. The van der Waals surface area contributed by atoms with Crippen LogP contribution >= 0.6 is 0 Å². The molecule has 0 unspecified atom stereocenters. The zero-order valence-corrected chi connectivity index (χ0v) is 41.3. The summed E-state index contributed by atoms with van der Waals surface area (Å²) in [6.45, 7) is 6.47. The highest BCUT2D eigenvalue weighted by Crippen LogP contribution is 2.15. The summed E-state index contributed by atoms with van der Waals surface area (Å²) in [5.41, 5.74) is 0. The number of allylic oxidation sites excluding steroid dienone is 12. The summed E-state index contributed by atoms with van der Waals surface area (Å²) in [4.78, 5) is 38.0. The second-order valence-corrected chi connectivity index (χ2v) is 17.4. The van der Waals surface area contributed by atoms with E-state index >= 15 is 0 Å². The number of esters is 3. The van der Waals surface area contributed by atoms with Crippen LogP contribution in [-0.4, -0.2) is 37.2 Å². The zero-order chi connectivity index (χ0) is 45.8. The minimum Gasteiger partial charge on any atom is -0.462 e. The van der Waals surface area contributed by atoms with Gasteiger partial charge < -0.3 is 14.2 Å². The highest BCUT2D eigenvalue weighted by atomic mass is 16.6. The molecule has 0 saturated carbocycles. The standard InChI is InChI=1S/C57H98O6/c1-4-7-10-13-16-19-22-24-26-28-30-32-35-37-40-43-46-49-55(58)61-52-54(63-57(60)51-48-45-42-39-34-21-18-15-12-9-6-3)53-62-56(59)50-47-44-41-38-36-33-31-29-27-25-23-20-17-14-11-8-5-2/h7,10,16,19,24-27,30,32,37,40,54H,4-6,8-9,11-15,17-18,20-23,28-29,31,33-36,38-39,41-53H2,1-3H3/b10-7-,19-16-,26-24-,27-25-,32-30-,40-37-/t54-/m1/s1. The van der Waals surface area contributed by atoms with Crippen LogP contribution in [0.25, 0.3) is 0 Å². The van der Waals surface area contributed by atoms with Gasteiger partial charge >= 0.3 is 17.9 Å². The lowest BCUT2D eigenvalue weighted by Gasteiger charge is -2.18. The van der Waals surface area contributed by atoms with Gasteiger partial charge in [0.15, 0.2) is 6.10 Å². The number of carbonyl (C=O) groups is 3. The fraction of sp³-hybridized carbons (Fsp3) is 0.737. The Labute approximate surface area is 389 Å². The number of hydrogen-bond acceptors (Lipinski definition) is 6. The number of unbranched alkanes of at least 4 members (excludes halogenated alkanes) is 24. The third kappa shape index (κ3) is 49.7. The first-order chi connectivity index (χ1) is 31.0. The maximum Gasteiger partial charge on any atom is 0.306 e. The molecule has 0 aromatic carbocycles. The number of carbonyl (C=O) groups excluding carboxylic acids is 3. The minimum atomic E-state index is -0.797. The predicted molar refractivity (Wildman–Crippen MR) is 270 cm³/mol. The molecular formula is C57H98O6. The van der Waals surface area contributed by atoms with Gasteiger partial charge in [-0.1, -0.05) is 222 Å². The molecule has 0 aliphatic rings. The Balaban J connectivity index is 4.42. The van der Waals surface area contributed by atoms with Gasteiger partial charge in [-0.05, 0) is 83.5 Å². The first kappa shape index (κ1) is 59.9. The average Bonchev–Trinajstić information content (AvgIpc) is 3.28. The van der Waals surface area contributed by atoms with Gasteiger partial charge in [0, 0.05) is 19.3 Å². The van der Waals surface area contributed by atoms with Gasteiger partial charge in [0.2, 0.25) is 0 Å². The molecule has 6 heteroatoms. The Morgan fingerprint density at radius 1 is 0.333 bits per heavy atom. The molecule has 0 aromatic heterocycles. The van der Waals surface area contributed by atoms with Crippen molar-refractivity contribution in [3.8, 4) is 0 Å². The lowest BCUT2D eigenvalue weighted by atomic mass is 10.1. The molecule has 362 valence electrons. The molecule has 0 fully saturated rings. The van der Waals surface area contributed by atoms with E-state index in [4.69, 9.17) is 14.2 Å². The summed E-state index contributed by atoms with van der Waals surface area (Å²) in [5.74, 6) is -0.955. The minimum absolute atomic E-state index is 0.0937. The number of hydrogen-bond donors (Lipinski definition) is 0. The van der Waals surface area contributed by atoms with Crippen LogP contribution in [0.2, 0.25) is 0 Å². The van der Waals surface area contributed by atoms with E-state index in [1.165, 1.54) is 128 Å². The molecule has 0 heterocycles. The van der Waals surface area contributed by atoms with E-state index < -0.39 is 6.10 Å². The first-order valence-electron chi connectivity index (χ1n) is 26.4. The van der Waals surface area contributed by atoms with E-state index in [2.05, 4.69) is 93.7 Å². The summed E-state index contributed by atoms with van der Waals surface area (Å²) in [6.07, 6.45) is 64.6. The average molecular weight is 879 g/mol. The van der Waals surface area contributed by atoms with Crippen molar-refractivity contribution in [3.05, 3.63) is 72.9 Å². The molecule has 0 amide bonds. The van der Waals surface area contributed by atoms with Gasteiger partial charge in [-0.15, -0.1) is 0 Å². The fourth-order valence-corrected chi connectivity index (χ4v) is 7.24. The van der Waals surface area contributed by atoms with Crippen molar-refractivity contribution in [1.82, 2.24) is 0 Å². The van der Waals surface area contributed by atoms with Crippen molar-refractivity contribution in [2.24, 2.45) is 0 Å². The van der Waals surface area contributed by atoms with E-state index in [1.807, 2.05) is 0 Å².